The molecule has 41 heavy (non-hydrogen) atoms. The topological polar surface area (TPSA) is 109 Å². The molecule has 1 aliphatic heterocycles. The number of Topliss-reactive ketones (excluding diaryl/α,β-unsaturated/α-hetero) is 1. The van der Waals surface area contributed by atoms with E-state index in [0.29, 0.717) is 38.3 Å². The maximum absolute atomic E-state index is 14.0. The first kappa shape index (κ1) is 26.6. The standard InChI is InChI=1S/C31H25ClFN3O5/c1-31(2,3)17-7-5-15(6-8-17)25-24(26(37)22-12-16-11-18(32)13-23(40-4)28(16)41-22)27(38)29(39)36(25)30-34-20-10-9-19(33)14-21(20)35-30/h5-14,25,38H,1-4H3,(H,34,35). The number of furan rings is 1. The van der Waals surface area contributed by atoms with Gasteiger partial charge in [-0.05, 0) is 46.9 Å². The van der Waals surface area contributed by atoms with Crippen LogP contribution in [0.4, 0.5) is 10.3 Å². The van der Waals surface area contributed by atoms with Crippen molar-refractivity contribution in [3.8, 4) is 5.75 Å². The van der Waals surface area contributed by atoms with Crippen molar-refractivity contribution >= 4 is 51.2 Å². The number of halogens is 2. The number of hydrogen-bond acceptors (Lipinski definition) is 6. The lowest BCUT2D eigenvalue weighted by Crippen LogP contribution is -2.32. The molecule has 0 saturated heterocycles. The number of carbonyl (C=O) groups excluding carboxylic acids is 2. The number of amides is 1. The van der Waals surface area contributed by atoms with Crippen molar-refractivity contribution in [1.82, 2.24) is 9.97 Å². The average Bonchev–Trinajstić information content (AvgIpc) is 3.61. The molecule has 6 rings (SSSR count). The predicted octanol–water partition coefficient (Wildman–Crippen LogP) is 7.19. The second-order valence-corrected chi connectivity index (χ2v) is 11.3. The molecule has 0 spiro atoms. The number of ketones is 1. The summed E-state index contributed by atoms with van der Waals surface area (Å²) >= 11 is 6.20. The van der Waals surface area contributed by atoms with E-state index in [1.54, 1.807) is 24.3 Å². The summed E-state index contributed by atoms with van der Waals surface area (Å²) in [6.07, 6.45) is 0. The van der Waals surface area contributed by atoms with Gasteiger partial charge >= 0.3 is 0 Å². The Balaban J connectivity index is 1.51. The number of nitrogens with one attached hydrogen (secondary N) is 1. The van der Waals surface area contributed by atoms with Gasteiger partial charge in [0.25, 0.3) is 5.91 Å². The maximum Gasteiger partial charge on any atom is 0.296 e. The largest absolute Gasteiger partial charge is 0.503 e. The van der Waals surface area contributed by atoms with Gasteiger partial charge in [-0.2, -0.15) is 0 Å². The molecule has 5 aromatic rings. The molecule has 2 N–H and O–H groups in total. The zero-order valence-corrected chi connectivity index (χ0v) is 23.3. The highest BCUT2D eigenvalue weighted by molar-refractivity contribution is 6.31. The molecule has 2 aromatic heterocycles. The van der Waals surface area contributed by atoms with Crippen LogP contribution in [0.15, 0.2) is 76.4 Å². The van der Waals surface area contributed by atoms with E-state index < -0.39 is 29.3 Å². The summed E-state index contributed by atoms with van der Waals surface area (Å²) in [5.41, 5.74) is 2.34. The first-order valence-corrected chi connectivity index (χ1v) is 13.2. The fourth-order valence-corrected chi connectivity index (χ4v) is 5.32. The minimum absolute atomic E-state index is 0.0490. The number of aromatic amines is 1. The molecule has 10 heteroatoms. The fourth-order valence-electron chi connectivity index (χ4n) is 5.10. The summed E-state index contributed by atoms with van der Waals surface area (Å²) < 4.78 is 25.1. The molecule has 8 nitrogen and oxygen atoms in total. The van der Waals surface area contributed by atoms with Crippen molar-refractivity contribution in [2.45, 2.75) is 32.2 Å². The van der Waals surface area contributed by atoms with Crippen molar-refractivity contribution in [3.63, 3.8) is 0 Å². The number of imidazole rings is 1. The number of anilines is 1. The number of ether oxygens (including phenoxy) is 1. The number of methoxy groups -OCH3 is 1. The number of H-pyrrole nitrogens is 1. The van der Waals surface area contributed by atoms with Crippen LogP contribution in [0.5, 0.6) is 5.75 Å². The fraction of sp³-hybridized carbons (Fsp3) is 0.194. The van der Waals surface area contributed by atoms with Crippen molar-refractivity contribution in [1.29, 1.82) is 0 Å². The number of fused-ring (bicyclic) bond motifs is 2. The van der Waals surface area contributed by atoms with E-state index in [-0.39, 0.29) is 22.7 Å². The van der Waals surface area contributed by atoms with E-state index in [2.05, 4.69) is 30.7 Å². The second-order valence-electron chi connectivity index (χ2n) is 10.9. The zero-order chi connectivity index (χ0) is 29.2. The number of rotatable bonds is 5. The number of benzene rings is 3. The molecule has 3 aromatic carbocycles. The summed E-state index contributed by atoms with van der Waals surface area (Å²) in [7, 11) is 1.45. The summed E-state index contributed by atoms with van der Waals surface area (Å²) in [5, 5.41) is 12.1. The van der Waals surface area contributed by atoms with E-state index in [9.17, 15) is 19.1 Å². The van der Waals surface area contributed by atoms with E-state index in [0.717, 1.165) is 5.56 Å². The number of hydrogen-bond donors (Lipinski definition) is 2. The van der Waals surface area contributed by atoms with Gasteiger partial charge in [0.15, 0.2) is 22.9 Å². The summed E-state index contributed by atoms with van der Waals surface area (Å²) in [4.78, 5) is 36.2. The van der Waals surface area contributed by atoms with Crippen LogP contribution < -0.4 is 9.64 Å². The van der Waals surface area contributed by atoms with Crippen LogP contribution in [0.1, 0.15) is 48.5 Å². The molecule has 0 radical (unpaired) electrons. The van der Waals surface area contributed by atoms with E-state index >= 15 is 0 Å². The average molecular weight is 574 g/mol. The molecule has 3 heterocycles. The van der Waals surface area contributed by atoms with Gasteiger partial charge in [0, 0.05) is 16.5 Å². The molecule has 1 unspecified atom stereocenters. The van der Waals surface area contributed by atoms with Gasteiger partial charge in [0.2, 0.25) is 11.7 Å². The Morgan fingerprint density at radius 2 is 1.85 bits per heavy atom. The minimum Gasteiger partial charge on any atom is -0.503 e. The molecule has 1 atom stereocenters. The van der Waals surface area contributed by atoms with Crippen LogP contribution in [-0.2, 0) is 10.2 Å². The Morgan fingerprint density at radius 1 is 1.12 bits per heavy atom. The molecule has 208 valence electrons. The molecule has 0 aliphatic carbocycles. The monoisotopic (exact) mass is 573 g/mol. The van der Waals surface area contributed by atoms with Crippen molar-refractivity contribution in [3.05, 3.63) is 99.7 Å². The Labute approximate surface area is 239 Å². The molecular weight excluding hydrogens is 549 g/mol. The summed E-state index contributed by atoms with van der Waals surface area (Å²) in [6, 6.07) is 15.0. The van der Waals surface area contributed by atoms with Crippen molar-refractivity contribution in [2.75, 3.05) is 12.0 Å². The predicted molar refractivity (Wildman–Crippen MR) is 153 cm³/mol. The Bertz CT molecular complexity index is 1900. The highest BCUT2D eigenvalue weighted by atomic mass is 35.5. The highest BCUT2D eigenvalue weighted by Crippen LogP contribution is 2.43. The van der Waals surface area contributed by atoms with Crippen LogP contribution >= 0.6 is 11.6 Å². The smallest absolute Gasteiger partial charge is 0.296 e. The SMILES string of the molecule is COc1cc(Cl)cc2cc(C(=O)C3=C(O)C(=O)N(c4nc5ccc(F)cc5[nH]4)C3c3ccc(C(C)(C)C)cc3)oc12. The highest BCUT2D eigenvalue weighted by Gasteiger charge is 2.46. The first-order valence-electron chi connectivity index (χ1n) is 12.8. The molecule has 1 aliphatic rings. The van der Waals surface area contributed by atoms with Crippen LogP contribution in [0, 0.1) is 5.82 Å². The van der Waals surface area contributed by atoms with Crippen LogP contribution in [0.25, 0.3) is 22.0 Å². The van der Waals surface area contributed by atoms with Crippen molar-refractivity contribution < 1.29 is 28.2 Å². The number of carbonyl (C=O) groups is 2. The minimum atomic E-state index is -1.06. The van der Waals surface area contributed by atoms with E-state index in [1.165, 1.54) is 36.3 Å². The van der Waals surface area contributed by atoms with Gasteiger partial charge in [-0.25, -0.2) is 9.37 Å². The van der Waals surface area contributed by atoms with Gasteiger partial charge in [0.05, 0.1) is 29.8 Å². The third-order valence-electron chi connectivity index (χ3n) is 7.20. The van der Waals surface area contributed by atoms with Gasteiger partial charge in [0.1, 0.15) is 5.82 Å². The molecule has 0 fully saturated rings. The lowest BCUT2D eigenvalue weighted by molar-refractivity contribution is -0.117. The summed E-state index contributed by atoms with van der Waals surface area (Å²) in [5.74, 6) is -2.48. The van der Waals surface area contributed by atoms with Gasteiger partial charge < -0.3 is 19.2 Å². The lowest BCUT2D eigenvalue weighted by Gasteiger charge is -2.25. The van der Waals surface area contributed by atoms with Gasteiger partial charge in [-0.15, -0.1) is 0 Å². The van der Waals surface area contributed by atoms with Crippen LogP contribution in [-0.4, -0.2) is 33.9 Å². The molecule has 0 bridgehead atoms. The summed E-state index contributed by atoms with van der Waals surface area (Å²) in [6.45, 7) is 6.22. The lowest BCUT2D eigenvalue weighted by atomic mass is 9.85. The maximum atomic E-state index is 14.0. The Morgan fingerprint density at radius 3 is 2.54 bits per heavy atom. The van der Waals surface area contributed by atoms with Gasteiger partial charge in [-0.3, -0.25) is 14.5 Å². The van der Waals surface area contributed by atoms with E-state index in [4.69, 9.17) is 20.8 Å². The Hall–Kier alpha value is -4.63. The van der Waals surface area contributed by atoms with Gasteiger partial charge in [-0.1, -0.05) is 56.6 Å². The zero-order valence-electron chi connectivity index (χ0n) is 22.6. The van der Waals surface area contributed by atoms with Crippen molar-refractivity contribution in [2.24, 2.45) is 0 Å². The second kappa shape index (κ2) is 9.49. The number of aliphatic hydroxyl groups excluding tert-OH is 1. The first-order chi connectivity index (χ1) is 19.5. The number of aliphatic hydroxyl groups is 1. The number of nitrogens with zero attached hydrogens (tertiary/aromatic N) is 2. The third-order valence-corrected chi connectivity index (χ3v) is 7.41. The normalized spacial score (nSPS) is 15.9. The molecule has 1 amide bonds. The van der Waals surface area contributed by atoms with Crippen LogP contribution in [0.2, 0.25) is 5.02 Å². The quantitative estimate of drug-likeness (QED) is 0.215. The molecule has 0 saturated carbocycles. The third kappa shape index (κ3) is 4.42. The molecular formula is C31H25ClFN3O5. The Kier molecular flexibility index (Phi) is 6.15. The van der Waals surface area contributed by atoms with E-state index in [1.807, 2.05) is 12.1 Å². The number of aromatic nitrogens is 2. The van der Waals surface area contributed by atoms with Crippen LogP contribution in [0.3, 0.4) is 0 Å².